The van der Waals surface area contributed by atoms with Gasteiger partial charge in [0.2, 0.25) is 5.75 Å². The summed E-state index contributed by atoms with van der Waals surface area (Å²) >= 11 is 3.36. The Morgan fingerprint density at radius 1 is 0.935 bits per heavy atom. The molecule has 8 heteroatoms. The van der Waals surface area contributed by atoms with Gasteiger partial charge in [0.15, 0.2) is 18.6 Å². The molecule has 0 N–H and O–H groups in total. The Kier molecular flexibility index (Phi) is 5.61. The van der Waals surface area contributed by atoms with Crippen LogP contribution in [-0.4, -0.2) is 12.9 Å². The predicted octanol–water partition coefficient (Wildman–Crippen LogP) is 5.43. The number of aryl methyl sites for hydroxylation is 2. The van der Waals surface area contributed by atoms with E-state index in [1.165, 1.54) is 6.07 Å². The van der Waals surface area contributed by atoms with Gasteiger partial charge in [-0.3, -0.25) is 0 Å². The normalized spacial score (nSPS) is 14.5. The first-order valence-corrected chi connectivity index (χ1v) is 12.2. The number of hydrogen-bond acceptors (Lipinski definition) is 4. The Bertz CT molecular complexity index is 1130. The Hall–Kier alpha value is -2.37. The van der Waals surface area contributed by atoms with E-state index in [0.29, 0.717) is 15.9 Å². The molecule has 0 bridgehead atoms. The van der Waals surface area contributed by atoms with Crippen molar-refractivity contribution >= 4 is 39.0 Å². The quantitative estimate of drug-likeness (QED) is 0.431. The van der Waals surface area contributed by atoms with Crippen LogP contribution < -0.4 is 30.1 Å². The monoisotopic (exact) mass is 508 g/mol. The number of rotatable bonds is 5. The van der Waals surface area contributed by atoms with E-state index >= 15 is 0 Å². The fourth-order valence-corrected chi connectivity index (χ4v) is 7.25. The van der Waals surface area contributed by atoms with Gasteiger partial charge < -0.3 is 18.8 Å². The molecule has 162 valence electrons. The smallest absolute Gasteiger partial charge is 0.490 e. The SMILES string of the molecule is CCOc1cc(P(=O)(c2ccc(C)cc2)c2ccc(C)cc2)c(Br)c2c1OC(F)(F)O2. The van der Waals surface area contributed by atoms with E-state index in [1.807, 2.05) is 38.1 Å². The molecule has 0 aromatic heterocycles. The zero-order chi connectivity index (χ0) is 22.4. The van der Waals surface area contributed by atoms with Gasteiger partial charge >= 0.3 is 6.29 Å². The van der Waals surface area contributed by atoms with Crippen LogP contribution in [0.3, 0.4) is 0 Å². The average molecular weight is 509 g/mol. The molecule has 0 spiro atoms. The van der Waals surface area contributed by atoms with Crippen molar-refractivity contribution in [3.05, 3.63) is 70.2 Å². The summed E-state index contributed by atoms with van der Waals surface area (Å²) in [6, 6.07) is 16.2. The summed E-state index contributed by atoms with van der Waals surface area (Å²) in [5.74, 6) is -0.403. The maximum atomic E-state index is 14.8. The number of benzene rings is 3. The minimum atomic E-state index is -3.84. The zero-order valence-electron chi connectivity index (χ0n) is 17.1. The summed E-state index contributed by atoms with van der Waals surface area (Å²) < 4.78 is 57.8. The van der Waals surface area contributed by atoms with Gasteiger partial charge in [-0.15, -0.1) is 8.78 Å². The first-order chi connectivity index (χ1) is 14.7. The molecule has 4 nitrogen and oxygen atoms in total. The molecular formula is C23H20BrF2O4P. The maximum Gasteiger partial charge on any atom is 0.586 e. The van der Waals surface area contributed by atoms with Gasteiger partial charge in [-0.1, -0.05) is 59.7 Å². The van der Waals surface area contributed by atoms with Crippen molar-refractivity contribution in [1.29, 1.82) is 0 Å². The number of fused-ring (bicyclic) bond motifs is 1. The lowest BCUT2D eigenvalue weighted by molar-refractivity contribution is -0.287. The molecule has 3 aromatic carbocycles. The van der Waals surface area contributed by atoms with Crippen LogP contribution in [0.25, 0.3) is 0 Å². The molecule has 1 aliphatic heterocycles. The van der Waals surface area contributed by atoms with Crippen molar-refractivity contribution in [2.75, 3.05) is 6.61 Å². The Morgan fingerprint density at radius 2 is 1.42 bits per heavy atom. The summed E-state index contributed by atoms with van der Waals surface area (Å²) in [5.41, 5.74) is 2.03. The van der Waals surface area contributed by atoms with Crippen LogP contribution in [0.5, 0.6) is 17.2 Å². The zero-order valence-corrected chi connectivity index (χ0v) is 19.6. The second-order valence-electron chi connectivity index (χ2n) is 7.25. The van der Waals surface area contributed by atoms with Gasteiger partial charge in [0.1, 0.15) is 0 Å². The summed E-state index contributed by atoms with van der Waals surface area (Å²) in [4.78, 5) is 0. The summed E-state index contributed by atoms with van der Waals surface area (Å²) in [7, 11) is -3.49. The molecule has 0 amide bonds. The summed E-state index contributed by atoms with van der Waals surface area (Å²) in [5, 5.41) is 1.43. The minimum absolute atomic E-state index is 0.0484. The molecule has 3 aromatic rings. The van der Waals surface area contributed by atoms with Crippen LogP contribution in [0.15, 0.2) is 59.1 Å². The van der Waals surface area contributed by atoms with E-state index in [1.54, 1.807) is 31.2 Å². The number of hydrogen-bond donors (Lipinski definition) is 0. The van der Waals surface area contributed by atoms with Crippen molar-refractivity contribution in [2.45, 2.75) is 27.1 Å². The number of ether oxygens (including phenoxy) is 3. The lowest BCUT2D eigenvalue weighted by Crippen LogP contribution is -2.27. The van der Waals surface area contributed by atoms with Gasteiger partial charge in [0.05, 0.1) is 11.1 Å². The standard InChI is InChI=1S/C23H20BrF2O4P/c1-4-28-18-13-19(20(24)22-21(18)29-23(25,26)30-22)31(27,16-9-5-14(2)6-10-16)17-11-7-15(3)8-12-17/h5-13H,4H2,1-3H3. The van der Waals surface area contributed by atoms with Crippen LogP contribution in [0.4, 0.5) is 8.78 Å². The van der Waals surface area contributed by atoms with E-state index in [0.717, 1.165) is 11.1 Å². The Balaban J connectivity index is 2.03. The molecule has 0 atom stereocenters. The van der Waals surface area contributed by atoms with Crippen LogP contribution in [0.1, 0.15) is 18.1 Å². The second kappa shape index (κ2) is 7.95. The van der Waals surface area contributed by atoms with Gasteiger partial charge in [0.25, 0.3) is 0 Å². The van der Waals surface area contributed by atoms with Crippen LogP contribution >= 0.6 is 23.1 Å². The lowest BCUT2D eigenvalue weighted by atomic mass is 10.2. The van der Waals surface area contributed by atoms with Gasteiger partial charge in [-0.25, -0.2) is 0 Å². The average Bonchev–Trinajstić information content (AvgIpc) is 3.07. The predicted molar refractivity (Wildman–Crippen MR) is 120 cm³/mol. The van der Waals surface area contributed by atoms with Crippen molar-refractivity contribution < 1.29 is 27.6 Å². The van der Waals surface area contributed by atoms with Crippen molar-refractivity contribution in [1.82, 2.24) is 0 Å². The van der Waals surface area contributed by atoms with Crippen LogP contribution in [-0.2, 0) is 4.57 Å². The molecule has 0 unspecified atom stereocenters. The highest BCUT2D eigenvalue weighted by molar-refractivity contribution is 9.10. The van der Waals surface area contributed by atoms with Crippen molar-refractivity contribution in [3.63, 3.8) is 0 Å². The molecular weight excluding hydrogens is 489 g/mol. The van der Waals surface area contributed by atoms with E-state index in [-0.39, 0.29) is 28.3 Å². The molecule has 0 aliphatic carbocycles. The molecule has 0 saturated heterocycles. The molecule has 0 radical (unpaired) electrons. The highest BCUT2D eigenvalue weighted by Crippen LogP contribution is 2.55. The van der Waals surface area contributed by atoms with Gasteiger partial charge in [-0.2, -0.15) is 0 Å². The number of alkyl halides is 2. The molecule has 31 heavy (non-hydrogen) atoms. The first kappa shape index (κ1) is 21.8. The molecule has 1 aliphatic rings. The number of halogens is 3. The first-order valence-electron chi connectivity index (χ1n) is 9.66. The van der Waals surface area contributed by atoms with Crippen LogP contribution in [0.2, 0.25) is 0 Å². The fourth-order valence-electron chi connectivity index (χ4n) is 3.46. The third kappa shape index (κ3) is 3.85. The van der Waals surface area contributed by atoms with E-state index in [2.05, 4.69) is 20.7 Å². The fraction of sp³-hybridized carbons (Fsp3) is 0.217. The van der Waals surface area contributed by atoms with Crippen LogP contribution in [0, 0.1) is 13.8 Å². The third-order valence-electron chi connectivity index (χ3n) is 5.00. The minimum Gasteiger partial charge on any atom is -0.490 e. The van der Waals surface area contributed by atoms with E-state index in [4.69, 9.17) is 9.47 Å². The second-order valence-corrected chi connectivity index (χ2v) is 10.8. The topological polar surface area (TPSA) is 44.8 Å². The lowest BCUT2D eigenvalue weighted by Gasteiger charge is -2.23. The molecule has 1 heterocycles. The van der Waals surface area contributed by atoms with Crippen molar-refractivity contribution in [2.24, 2.45) is 0 Å². The van der Waals surface area contributed by atoms with E-state index < -0.39 is 13.4 Å². The largest absolute Gasteiger partial charge is 0.586 e. The summed E-state index contributed by atoms with van der Waals surface area (Å²) in [6.07, 6.45) is -3.84. The van der Waals surface area contributed by atoms with Gasteiger partial charge in [-0.05, 0) is 42.8 Å². The van der Waals surface area contributed by atoms with Crippen molar-refractivity contribution in [3.8, 4) is 17.2 Å². The van der Waals surface area contributed by atoms with Gasteiger partial charge in [0, 0.05) is 15.9 Å². The Morgan fingerprint density at radius 3 is 1.90 bits per heavy atom. The Labute approximate surface area is 187 Å². The summed E-state index contributed by atoms with van der Waals surface area (Å²) in [6.45, 7) is 5.81. The highest BCUT2D eigenvalue weighted by Gasteiger charge is 2.48. The molecule has 0 fully saturated rings. The third-order valence-corrected chi connectivity index (χ3v) is 9.17. The maximum absolute atomic E-state index is 14.8. The van der Waals surface area contributed by atoms with E-state index in [9.17, 15) is 13.3 Å². The molecule has 4 rings (SSSR count). The highest BCUT2D eigenvalue weighted by atomic mass is 79.9. The molecule has 0 saturated carbocycles.